The van der Waals surface area contributed by atoms with E-state index in [-0.39, 0.29) is 5.82 Å². The second-order valence-corrected chi connectivity index (χ2v) is 11.4. The van der Waals surface area contributed by atoms with Crippen molar-refractivity contribution < 1.29 is 4.39 Å². The lowest BCUT2D eigenvalue weighted by Crippen LogP contribution is -2.31. The van der Waals surface area contributed by atoms with E-state index in [1.54, 1.807) is 0 Å². The molecule has 1 heteroatoms. The Labute approximate surface area is 191 Å². The zero-order valence-corrected chi connectivity index (χ0v) is 20.4. The molecule has 0 heterocycles. The molecular weight excluding hydrogens is 379 g/mol. The maximum atomic E-state index is 15.6. The van der Waals surface area contributed by atoms with Crippen LogP contribution in [0.3, 0.4) is 0 Å². The number of fused-ring (bicyclic) bond motifs is 2. The predicted octanol–water partition coefficient (Wildman–Crippen LogP) is 9.39. The Morgan fingerprint density at radius 2 is 1.58 bits per heavy atom. The fourth-order valence-electron chi connectivity index (χ4n) is 7.44. The Morgan fingerprint density at radius 3 is 2.42 bits per heavy atom. The molecule has 5 unspecified atom stereocenters. The van der Waals surface area contributed by atoms with E-state index in [0.29, 0.717) is 5.92 Å². The Kier molecular flexibility index (Phi) is 8.52. The molecule has 0 bridgehead atoms. The van der Waals surface area contributed by atoms with Gasteiger partial charge in [-0.15, -0.1) is 0 Å². The maximum absolute atomic E-state index is 15.6. The fourth-order valence-corrected chi connectivity index (χ4v) is 7.44. The first-order valence-electron chi connectivity index (χ1n) is 14.0. The molecule has 31 heavy (non-hydrogen) atoms. The quantitative estimate of drug-likeness (QED) is 0.345. The molecule has 2 saturated carbocycles. The zero-order chi connectivity index (χ0) is 21.6. The van der Waals surface area contributed by atoms with Crippen LogP contribution in [-0.4, -0.2) is 0 Å². The van der Waals surface area contributed by atoms with Crippen LogP contribution in [0.1, 0.15) is 133 Å². The topological polar surface area (TPSA) is 0 Å². The van der Waals surface area contributed by atoms with Crippen LogP contribution in [0.2, 0.25) is 0 Å². The van der Waals surface area contributed by atoms with Crippen LogP contribution in [0.4, 0.5) is 4.39 Å². The minimum absolute atomic E-state index is 0.191. The summed E-state index contributed by atoms with van der Waals surface area (Å²) in [6, 6.07) is 4.49. The van der Waals surface area contributed by atoms with Crippen LogP contribution in [-0.2, 0) is 12.8 Å². The van der Waals surface area contributed by atoms with Crippen LogP contribution in [0, 0.1) is 29.5 Å². The predicted molar refractivity (Wildman–Crippen MR) is 131 cm³/mol. The highest BCUT2D eigenvalue weighted by Crippen LogP contribution is 2.49. The molecule has 0 N–H and O–H groups in total. The van der Waals surface area contributed by atoms with Gasteiger partial charge in [0.2, 0.25) is 0 Å². The third-order valence-electron chi connectivity index (χ3n) is 9.26. The van der Waals surface area contributed by atoms with E-state index >= 15 is 4.39 Å². The third-order valence-corrected chi connectivity index (χ3v) is 9.26. The van der Waals surface area contributed by atoms with Gasteiger partial charge < -0.3 is 0 Å². The van der Waals surface area contributed by atoms with Gasteiger partial charge in [-0.2, -0.15) is 0 Å². The summed E-state index contributed by atoms with van der Waals surface area (Å²) in [6.45, 7) is 4.58. The van der Waals surface area contributed by atoms with Crippen molar-refractivity contribution in [2.24, 2.45) is 23.7 Å². The smallest absolute Gasteiger partial charge is 0.130 e. The number of hydrogen-bond donors (Lipinski definition) is 0. The molecule has 0 aliphatic heterocycles. The molecule has 0 saturated heterocycles. The summed E-state index contributed by atoms with van der Waals surface area (Å²) in [5.74, 6) is 4.22. The van der Waals surface area contributed by atoms with Gasteiger partial charge in [0, 0.05) is 0 Å². The van der Waals surface area contributed by atoms with E-state index in [1.165, 1.54) is 102 Å². The van der Waals surface area contributed by atoms with E-state index in [4.69, 9.17) is 0 Å². The normalized spacial score (nSPS) is 30.6. The molecule has 2 fully saturated rings. The van der Waals surface area contributed by atoms with Gasteiger partial charge in [0.25, 0.3) is 0 Å². The fraction of sp³-hybridized carbons (Fsp3) is 0.800. The number of benzene rings is 1. The van der Waals surface area contributed by atoms with Crippen LogP contribution in [0.15, 0.2) is 12.1 Å². The molecule has 3 aliphatic rings. The first-order chi connectivity index (χ1) is 15.2. The minimum atomic E-state index is 0.191. The summed E-state index contributed by atoms with van der Waals surface area (Å²) in [4.78, 5) is 0. The monoisotopic (exact) mass is 426 g/mol. The maximum Gasteiger partial charge on any atom is 0.130 e. The SMILES string of the molecule is CCCCCCCC1CCC2CC(c3ccc4c(c3F)CCC(CCC)C4)CCC2C1. The van der Waals surface area contributed by atoms with E-state index in [1.807, 2.05) is 0 Å². The van der Waals surface area contributed by atoms with Gasteiger partial charge in [-0.05, 0) is 97.6 Å². The third kappa shape index (κ3) is 5.75. The van der Waals surface area contributed by atoms with Crippen LogP contribution < -0.4 is 0 Å². The molecule has 1 aromatic rings. The molecule has 1 aromatic carbocycles. The summed E-state index contributed by atoms with van der Waals surface area (Å²) in [5.41, 5.74) is 3.47. The summed E-state index contributed by atoms with van der Waals surface area (Å²) >= 11 is 0. The van der Waals surface area contributed by atoms with Crippen LogP contribution in [0.25, 0.3) is 0 Å². The van der Waals surface area contributed by atoms with Gasteiger partial charge in [-0.1, -0.05) is 83.8 Å². The van der Waals surface area contributed by atoms with Gasteiger partial charge in [-0.3, -0.25) is 0 Å². The van der Waals surface area contributed by atoms with Crippen molar-refractivity contribution in [2.75, 3.05) is 0 Å². The molecule has 0 aromatic heterocycles. The van der Waals surface area contributed by atoms with Gasteiger partial charge in [-0.25, -0.2) is 4.39 Å². The summed E-state index contributed by atoms with van der Waals surface area (Å²) in [6.07, 6.45) is 22.5. The first-order valence-corrected chi connectivity index (χ1v) is 14.0. The largest absolute Gasteiger partial charge is 0.206 e. The second kappa shape index (κ2) is 11.3. The molecule has 174 valence electrons. The number of unbranched alkanes of at least 4 members (excludes halogenated alkanes) is 4. The average Bonchev–Trinajstić information content (AvgIpc) is 2.79. The Hall–Kier alpha value is -0.850. The van der Waals surface area contributed by atoms with E-state index in [2.05, 4.69) is 26.0 Å². The first kappa shape index (κ1) is 23.3. The van der Waals surface area contributed by atoms with Crippen molar-refractivity contribution in [1.29, 1.82) is 0 Å². The van der Waals surface area contributed by atoms with E-state index in [0.717, 1.165) is 47.6 Å². The van der Waals surface area contributed by atoms with Crippen molar-refractivity contribution in [2.45, 2.75) is 129 Å². The Balaban J connectivity index is 1.31. The molecule has 5 atom stereocenters. The Bertz CT molecular complexity index is 692. The number of halogens is 1. The molecule has 0 radical (unpaired) electrons. The summed E-state index contributed by atoms with van der Waals surface area (Å²) in [5, 5.41) is 0. The molecule has 3 aliphatic carbocycles. The lowest BCUT2D eigenvalue weighted by atomic mass is 9.63. The van der Waals surface area contributed by atoms with Crippen molar-refractivity contribution in [3.05, 3.63) is 34.6 Å². The van der Waals surface area contributed by atoms with Crippen LogP contribution >= 0.6 is 0 Å². The highest BCUT2D eigenvalue weighted by atomic mass is 19.1. The lowest BCUT2D eigenvalue weighted by molar-refractivity contribution is 0.112. The number of hydrogen-bond acceptors (Lipinski definition) is 0. The van der Waals surface area contributed by atoms with E-state index in [9.17, 15) is 0 Å². The molecule has 4 rings (SSSR count). The number of rotatable bonds is 9. The highest BCUT2D eigenvalue weighted by Gasteiger charge is 2.37. The van der Waals surface area contributed by atoms with Gasteiger partial charge in [0.1, 0.15) is 5.82 Å². The van der Waals surface area contributed by atoms with Crippen molar-refractivity contribution in [1.82, 2.24) is 0 Å². The van der Waals surface area contributed by atoms with E-state index < -0.39 is 0 Å². The summed E-state index contributed by atoms with van der Waals surface area (Å²) < 4.78 is 15.6. The second-order valence-electron chi connectivity index (χ2n) is 11.4. The Morgan fingerprint density at radius 1 is 0.774 bits per heavy atom. The summed E-state index contributed by atoms with van der Waals surface area (Å²) in [7, 11) is 0. The molecule has 0 nitrogen and oxygen atoms in total. The molecule has 0 amide bonds. The van der Waals surface area contributed by atoms with Crippen molar-refractivity contribution >= 4 is 0 Å². The van der Waals surface area contributed by atoms with Crippen molar-refractivity contribution in [3.8, 4) is 0 Å². The highest BCUT2D eigenvalue weighted by molar-refractivity contribution is 5.38. The average molecular weight is 427 g/mol. The molecule has 0 spiro atoms. The minimum Gasteiger partial charge on any atom is -0.206 e. The van der Waals surface area contributed by atoms with Crippen molar-refractivity contribution in [3.63, 3.8) is 0 Å². The van der Waals surface area contributed by atoms with Gasteiger partial charge >= 0.3 is 0 Å². The lowest BCUT2D eigenvalue weighted by Gasteiger charge is -2.42. The molecular formula is C30H47F. The zero-order valence-electron chi connectivity index (χ0n) is 20.4. The van der Waals surface area contributed by atoms with Gasteiger partial charge in [0.15, 0.2) is 0 Å². The van der Waals surface area contributed by atoms with Gasteiger partial charge in [0.05, 0.1) is 0 Å². The van der Waals surface area contributed by atoms with Crippen LogP contribution in [0.5, 0.6) is 0 Å². The standard InChI is InChI=1S/C30H47F/c1-3-5-6-7-8-10-23-11-13-25-21-27(15-14-24(25)19-23)29-18-16-26-20-22(9-4-2)12-17-28(26)30(29)31/h16,18,22-25,27H,3-15,17,19-21H2,1-2H3.